The average Bonchev–Trinajstić information content (AvgIpc) is 2.30. The van der Waals surface area contributed by atoms with E-state index in [1.54, 1.807) is 7.11 Å². The van der Waals surface area contributed by atoms with Crippen LogP contribution in [0, 0.1) is 3.57 Å². The zero-order chi connectivity index (χ0) is 13.7. The number of carbonyl (C=O) groups excluding carboxylic acids is 1. The zero-order valence-corrected chi connectivity index (χ0v) is 12.9. The topological polar surface area (TPSA) is 61.6 Å². The van der Waals surface area contributed by atoms with Crippen LogP contribution in [0.3, 0.4) is 0 Å². The molecule has 1 amide bonds. The zero-order valence-electron chi connectivity index (χ0n) is 10.7. The molecule has 3 atom stereocenters. The molecule has 5 heteroatoms. The summed E-state index contributed by atoms with van der Waals surface area (Å²) in [6.45, 7) is 3.78. The molecule has 0 aliphatic rings. The summed E-state index contributed by atoms with van der Waals surface area (Å²) in [5, 5.41) is 0. The number of amides is 1. The number of nitrogens with two attached hydrogens (primary N) is 1. The van der Waals surface area contributed by atoms with Crippen LogP contribution in [0.2, 0.25) is 0 Å². The third-order valence-electron chi connectivity index (χ3n) is 2.95. The Morgan fingerprint density at radius 1 is 1.28 bits per heavy atom. The molecule has 1 aromatic rings. The lowest BCUT2D eigenvalue weighted by molar-refractivity contribution is 0.0285. The molecule has 18 heavy (non-hydrogen) atoms. The molecule has 0 spiro atoms. The van der Waals surface area contributed by atoms with E-state index in [2.05, 4.69) is 22.6 Å². The Morgan fingerprint density at radius 3 is 2.39 bits per heavy atom. The van der Waals surface area contributed by atoms with Crippen LogP contribution in [0.25, 0.3) is 0 Å². The number of primary amides is 1. The summed E-state index contributed by atoms with van der Waals surface area (Å²) in [7, 11) is 1.64. The van der Waals surface area contributed by atoms with Crippen LogP contribution in [0.4, 0.5) is 4.79 Å². The van der Waals surface area contributed by atoms with Crippen molar-refractivity contribution in [1.82, 2.24) is 0 Å². The summed E-state index contributed by atoms with van der Waals surface area (Å²) >= 11 is 2.27. The van der Waals surface area contributed by atoms with Crippen LogP contribution < -0.4 is 5.73 Å². The van der Waals surface area contributed by atoms with Crippen molar-refractivity contribution in [3.63, 3.8) is 0 Å². The summed E-state index contributed by atoms with van der Waals surface area (Å²) in [6.07, 6.45) is -1.18. The first-order valence-corrected chi connectivity index (χ1v) is 6.78. The van der Waals surface area contributed by atoms with Crippen LogP contribution in [-0.2, 0) is 9.47 Å². The summed E-state index contributed by atoms with van der Waals surface area (Å²) < 4.78 is 11.6. The number of carbonyl (C=O) groups is 1. The molecule has 0 bridgehead atoms. The molecule has 100 valence electrons. The number of methoxy groups -OCH3 is 1. The predicted molar refractivity (Wildman–Crippen MR) is 78.5 cm³/mol. The van der Waals surface area contributed by atoms with Gasteiger partial charge in [-0.25, -0.2) is 4.79 Å². The molecule has 0 heterocycles. The minimum Gasteiger partial charge on any atom is -0.446 e. The molecule has 0 fully saturated rings. The molecule has 1 rings (SSSR count). The van der Waals surface area contributed by atoms with Crippen molar-refractivity contribution >= 4 is 28.7 Å². The predicted octanol–water partition coefficient (Wildman–Crippen LogP) is 2.89. The maximum Gasteiger partial charge on any atom is 0.404 e. The molecule has 0 aliphatic heterocycles. The normalized spacial score (nSPS) is 15.8. The van der Waals surface area contributed by atoms with E-state index in [4.69, 9.17) is 15.2 Å². The maximum atomic E-state index is 10.9. The van der Waals surface area contributed by atoms with E-state index in [-0.39, 0.29) is 18.1 Å². The van der Waals surface area contributed by atoms with Gasteiger partial charge >= 0.3 is 6.09 Å². The van der Waals surface area contributed by atoms with E-state index in [1.807, 2.05) is 38.1 Å². The number of rotatable bonds is 5. The highest BCUT2D eigenvalue weighted by Gasteiger charge is 2.29. The highest BCUT2D eigenvalue weighted by Crippen LogP contribution is 2.30. The van der Waals surface area contributed by atoms with Crippen molar-refractivity contribution in [3.8, 4) is 0 Å². The molecule has 1 aromatic carbocycles. The Balaban J connectivity index is 3.05. The lowest BCUT2D eigenvalue weighted by Gasteiger charge is -2.29. The molecule has 0 radical (unpaired) electrons. The summed E-state index contributed by atoms with van der Waals surface area (Å²) in [4.78, 5) is 10.9. The first-order chi connectivity index (χ1) is 8.47. The lowest BCUT2D eigenvalue weighted by atomic mass is 9.89. The summed E-state index contributed by atoms with van der Waals surface area (Å²) in [5.74, 6) is -0.0457. The second-order valence-corrected chi connectivity index (χ2v) is 5.29. The molecule has 0 saturated heterocycles. The van der Waals surface area contributed by atoms with Crippen molar-refractivity contribution in [1.29, 1.82) is 0 Å². The van der Waals surface area contributed by atoms with E-state index < -0.39 is 6.09 Å². The number of benzene rings is 1. The second-order valence-electron chi connectivity index (χ2n) is 4.13. The van der Waals surface area contributed by atoms with Crippen LogP contribution >= 0.6 is 22.6 Å². The minimum absolute atomic E-state index is 0.0457. The van der Waals surface area contributed by atoms with Gasteiger partial charge in [-0.2, -0.15) is 0 Å². The van der Waals surface area contributed by atoms with E-state index >= 15 is 0 Å². The largest absolute Gasteiger partial charge is 0.446 e. The van der Waals surface area contributed by atoms with Crippen molar-refractivity contribution in [2.45, 2.75) is 32.0 Å². The fraction of sp³-hybridized carbons (Fsp3) is 0.462. The molecular weight excluding hydrogens is 345 g/mol. The van der Waals surface area contributed by atoms with Gasteiger partial charge in [0.25, 0.3) is 0 Å². The number of hydrogen-bond donors (Lipinski definition) is 1. The summed E-state index contributed by atoms with van der Waals surface area (Å²) in [6, 6.07) is 7.97. The van der Waals surface area contributed by atoms with Crippen molar-refractivity contribution in [3.05, 3.63) is 33.4 Å². The Hall–Kier alpha value is -0.820. The smallest absolute Gasteiger partial charge is 0.404 e. The van der Waals surface area contributed by atoms with Crippen molar-refractivity contribution < 1.29 is 14.3 Å². The third kappa shape index (κ3) is 3.84. The van der Waals surface area contributed by atoms with E-state index in [9.17, 15) is 4.79 Å². The van der Waals surface area contributed by atoms with Crippen LogP contribution in [0.15, 0.2) is 24.3 Å². The molecule has 2 N–H and O–H groups in total. The number of ether oxygens (including phenoxy) is 2. The standard InChI is InChI=1S/C13H18INO3/c1-8(17-3)12(9(2)18-13(15)16)10-6-4-5-7-11(10)14/h4-9,12H,1-3H3,(H2,15,16). The highest BCUT2D eigenvalue weighted by atomic mass is 127. The Kier molecular flexibility index (Phi) is 5.87. The van der Waals surface area contributed by atoms with Gasteiger partial charge in [-0.15, -0.1) is 0 Å². The van der Waals surface area contributed by atoms with Crippen LogP contribution in [-0.4, -0.2) is 25.4 Å². The maximum absolute atomic E-state index is 10.9. The van der Waals surface area contributed by atoms with Crippen molar-refractivity contribution in [2.75, 3.05) is 7.11 Å². The van der Waals surface area contributed by atoms with Crippen LogP contribution in [0.1, 0.15) is 25.3 Å². The first-order valence-electron chi connectivity index (χ1n) is 5.70. The summed E-state index contributed by atoms with van der Waals surface area (Å²) in [5.41, 5.74) is 6.18. The van der Waals surface area contributed by atoms with Gasteiger partial charge in [0.2, 0.25) is 0 Å². The highest BCUT2D eigenvalue weighted by molar-refractivity contribution is 14.1. The Labute approximate surface area is 121 Å². The monoisotopic (exact) mass is 363 g/mol. The van der Waals surface area contributed by atoms with Crippen LogP contribution in [0.5, 0.6) is 0 Å². The molecule has 4 nitrogen and oxygen atoms in total. The minimum atomic E-state index is -0.762. The quantitative estimate of drug-likeness (QED) is 0.819. The molecular formula is C13H18INO3. The molecule has 0 saturated carbocycles. The number of halogens is 1. The third-order valence-corrected chi connectivity index (χ3v) is 3.93. The van der Waals surface area contributed by atoms with Crippen molar-refractivity contribution in [2.24, 2.45) is 5.73 Å². The average molecular weight is 363 g/mol. The lowest BCUT2D eigenvalue weighted by Crippen LogP contribution is -2.33. The van der Waals surface area contributed by atoms with Gasteiger partial charge < -0.3 is 15.2 Å². The van der Waals surface area contributed by atoms with Gasteiger partial charge in [0, 0.05) is 16.6 Å². The molecule has 0 aliphatic carbocycles. The van der Waals surface area contributed by atoms with E-state index in [0.717, 1.165) is 9.13 Å². The first kappa shape index (κ1) is 15.2. The Bertz CT molecular complexity index is 411. The Morgan fingerprint density at radius 2 is 1.89 bits per heavy atom. The SMILES string of the molecule is COC(C)C(c1ccccc1I)C(C)OC(N)=O. The van der Waals surface area contributed by atoms with Gasteiger partial charge in [0.15, 0.2) is 0 Å². The van der Waals surface area contributed by atoms with E-state index in [0.29, 0.717) is 0 Å². The molecule has 0 aromatic heterocycles. The van der Waals surface area contributed by atoms with Gasteiger partial charge in [-0.3, -0.25) is 0 Å². The fourth-order valence-corrected chi connectivity index (χ4v) is 2.78. The van der Waals surface area contributed by atoms with Gasteiger partial charge in [0.05, 0.1) is 6.10 Å². The molecule has 3 unspecified atom stereocenters. The second kappa shape index (κ2) is 6.94. The van der Waals surface area contributed by atoms with Gasteiger partial charge in [-0.05, 0) is 48.1 Å². The number of hydrogen-bond acceptors (Lipinski definition) is 3. The van der Waals surface area contributed by atoms with Gasteiger partial charge in [-0.1, -0.05) is 18.2 Å². The fourth-order valence-electron chi connectivity index (χ4n) is 2.04. The van der Waals surface area contributed by atoms with E-state index in [1.165, 1.54) is 0 Å². The van der Waals surface area contributed by atoms with Gasteiger partial charge in [0.1, 0.15) is 6.10 Å².